The summed E-state index contributed by atoms with van der Waals surface area (Å²) in [6.45, 7) is 4.87. The topological polar surface area (TPSA) is 114 Å². The van der Waals surface area contributed by atoms with Crippen LogP contribution in [0.15, 0.2) is 0 Å². The first kappa shape index (κ1) is 29.7. The number of hydrogen-bond acceptors (Lipinski definition) is 10. The van der Waals surface area contributed by atoms with Crippen molar-refractivity contribution < 1.29 is 42.9 Å². The van der Waals surface area contributed by atoms with Crippen LogP contribution >= 0.6 is 11.8 Å². The highest BCUT2D eigenvalue weighted by molar-refractivity contribution is 8.00. The van der Waals surface area contributed by atoms with E-state index in [1.807, 2.05) is 0 Å². The van der Waals surface area contributed by atoms with Gasteiger partial charge >= 0.3 is 23.9 Å². The highest BCUT2D eigenvalue weighted by Gasteiger charge is 2.53. The van der Waals surface area contributed by atoms with Crippen LogP contribution in [0.5, 0.6) is 0 Å². The first-order valence-corrected chi connectivity index (χ1v) is 14.6. The van der Waals surface area contributed by atoms with Gasteiger partial charge in [-0.05, 0) is 37.5 Å². The van der Waals surface area contributed by atoms with Crippen LogP contribution < -0.4 is 0 Å². The molecule has 9 nitrogen and oxygen atoms in total. The van der Waals surface area contributed by atoms with Crippen molar-refractivity contribution in [1.29, 1.82) is 0 Å². The molecule has 1 heterocycles. The summed E-state index contributed by atoms with van der Waals surface area (Å²) in [7, 11) is 0. The number of carbonyl (C=O) groups is 4. The zero-order valence-corrected chi connectivity index (χ0v) is 23.3. The Morgan fingerprint density at radius 2 is 1.14 bits per heavy atom. The van der Waals surface area contributed by atoms with Crippen LogP contribution in [-0.2, 0) is 42.9 Å². The SMILES string of the molecule is CC(=O)OC[C@H]1O[C@@H](SC(C2CCCCC2)C2CCCCC2)[C@H](OC(C)=O)[C@@H](OC(C)=O)[C@@H]1OC(C)=O. The van der Waals surface area contributed by atoms with Crippen LogP contribution in [0.4, 0.5) is 0 Å². The van der Waals surface area contributed by atoms with Gasteiger partial charge < -0.3 is 23.7 Å². The molecule has 3 aliphatic rings. The molecule has 210 valence electrons. The van der Waals surface area contributed by atoms with Gasteiger partial charge in [0.1, 0.15) is 18.1 Å². The van der Waals surface area contributed by atoms with Gasteiger partial charge in [-0.3, -0.25) is 19.2 Å². The van der Waals surface area contributed by atoms with Gasteiger partial charge in [0.05, 0.1) is 0 Å². The quantitative estimate of drug-likeness (QED) is 0.308. The fraction of sp³-hybridized carbons (Fsp3) is 0.852. The van der Waals surface area contributed by atoms with Crippen molar-refractivity contribution in [2.24, 2.45) is 11.8 Å². The Balaban J connectivity index is 1.95. The molecule has 0 unspecified atom stereocenters. The van der Waals surface area contributed by atoms with Crippen LogP contribution in [0, 0.1) is 11.8 Å². The molecule has 2 saturated carbocycles. The van der Waals surface area contributed by atoms with E-state index < -0.39 is 53.7 Å². The average molecular weight is 543 g/mol. The fourth-order valence-electron chi connectivity index (χ4n) is 5.99. The first-order valence-electron chi connectivity index (χ1n) is 13.6. The van der Waals surface area contributed by atoms with Gasteiger partial charge in [-0.15, -0.1) is 11.8 Å². The van der Waals surface area contributed by atoms with E-state index >= 15 is 0 Å². The maximum Gasteiger partial charge on any atom is 0.303 e. The Kier molecular flexibility index (Phi) is 11.6. The third-order valence-electron chi connectivity index (χ3n) is 7.47. The first-order chi connectivity index (χ1) is 17.7. The molecule has 1 saturated heterocycles. The van der Waals surface area contributed by atoms with Crippen molar-refractivity contribution in [1.82, 2.24) is 0 Å². The molecule has 0 bridgehead atoms. The number of thioether (sulfide) groups is 1. The van der Waals surface area contributed by atoms with E-state index in [0.717, 1.165) is 25.7 Å². The Morgan fingerprint density at radius 3 is 1.59 bits per heavy atom. The second-order valence-corrected chi connectivity index (χ2v) is 11.7. The molecule has 0 amide bonds. The zero-order valence-electron chi connectivity index (χ0n) is 22.5. The molecular formula is C27H42O9S. The molecule has 0 radical (unpaired) electrons. The molecule has 0 spiro atoms. The molecule has 3 fully saturated rings. The summed E-state index contributed by atoms with van der Waals surface area (Å²) in [6.07, 6.45) is 7.83. The van der Waals surface area contributed by atoms with E-state index in [2.05, 4.69) is 0 Å². The zero-order chi connectivity index (χ0) is 26.9. The van der Waals surface area contributed by atoms with Crippen molar-refractivity contribution in [2.45, 2.75) is 127 Å². The van der Waals surface area contributed by atoms with E-state index in [4.69, 9.17) is 23.7 Å². The smallest absolute Gasteiger partial charge is 0.303 e. The van der Waals surface area contributed by atoms with E-state index in [-0.39, 0.29) is 6.61 Å². The van der Waals surface area contributed by atoms with Gasteiger partial charge in [-0.1, -0.05) is 38.5 Å². The third-order valence-corrected chi connectivity index (χ3v) is 9.20. The molecule has 2 aliphatic carbocycles. The molecule has 0 aromatic carbocycles. The van der Waals surface area contributed by atoms with Gasteiger partial charge in [-0.25, -0.2) is 0 Å². The summed E-state index contributed by atoms with van der Waals surface area (Å²) in [5.74, 6) is -1.24. The Morgan fingerprint density at radius 1 is 0.676 bits per heavy atom. The van der Waals surface area contributed by atoms with Crippen LogP contribution in [0.2, 0.25) is 0 Å². The normalized spacial score (nSPS) is 29.4. The Labute approximate surface area is 224 Å². The standard InChI is InChI=1S/C27H42O9S/c1-16(28)32-15-22-23(33-17(2)29)24(34-18(3)30)25(35-19(4)31)27(36-22)37-26(20-11-7-5-8-12-20)21-13-9-6-10-14-21/h20-27H,5-15H2,1-4H3/t22-,23-,24+,25-,27+/m1/s1. The Hall–Kier alpha value is -1.81. The lowest BCUT2D eigenvalue weighted by molar-refractivity contribution is -0.237. The van der Waals surface area contributed by atoms with Crippen molar-refractivity contribution in [2.75, 3.05) is 6.61 Å². The molecule has 0 aromatic heterocycles. The van der Waals surface area contributed by atoms with Crippen molar-refractivity contribution >= 4 is 35.6 Å². The van der Waals surface area contributed by atoms with Crippen molar-refractivity contribution in [3.05, 3.63) is 0 Å². The molecule has 0 N–H and O–H groups in total. The summed E-state index contributed by atoms with van der Waals surface area (Å²) in [6, 6.07) is 0. The Bertz CT molecular complexity index is 773. The summed E-state index contributed by atoms with van der Waals surface area (Å²) in [5, 5.41) is 0.293. The van der Waals surface area contributed by atoms with Crippen LogP contribution in [-0.4, -0.2) is 65.6 Å². The minimum atomic E-state index is -1.11. The third kappa shape index (κ3) is 8.87. The second-order valence-electron chi connectivity index (χ2n) is 10.5. The number of rotatable bonds is 9. The maximum absolute atomic E-state index is 12.2. The van der Waals surface area contributed by atoms with E-state index in [9.17, 15) is 19.2 Å². The van der Waals surface area contributed by atoms with Gasteiger partial charge in [0.25, 0.3) is 0 Å². The van der Waals surface area contributed by atoms with E-state index in [0.29, 0.717) is 17.1 Å². The predicted molar refractivity (Wildman–Crippen MR) is 136 cm³/mol. The van der Waals surface area contributed by atoms with Crippen molar-refractivity contribution in [3.8, 4) is 0 Å². The number of esters is 4. The van der Waals surface area contributed by atoms with Gasteiger partial charge in [0, 0.05) is 32.9 Å². The largest absolute Gasteiger partial charge is 0.463 e. The molecule has 10 heteroatoms. The number of hydrogen-bond donors (Lipinski definition) is 0. The highest BCUT2D eigenvalue weighted by atomic mass is 32.2. The highest BCUT2D eigenvalue weighted by Crippen LogP contribution is 2.46. The minimum absolute atomic E-state index is 0.188. The van der Waals surface area contributed by atoms with Crippen LogP contribution in [0.25, 0.3) is 0 Å². The second kappa shape index (κ2) is 14.4. The number of carbonyl (C=O) groups excluding carboxylic acids is 4. The van der Waals surface area contributed by atoms with E-state index in [1.54, 1.807) is 11.8 Å². The van der Waals surface area contributed by atoms with Gasteiger partial charge in [-0.2, -0.15) is 0 Å². The maximum atomic E-state index is 12.2. The van der Waals surface area contributed by atoms with Gasteiger partial charge in [0.15, 0.2) is 18.3 Å². The van der Waals surface area contributed by atoms with E-state index in [1.165, 1.54) is 66.2 Å². The lowest BCUT2D eigenvalue weighted by Crippen LogP contribution is -2.62. The van der Waals surface area contributed by atoms with Gasteiger partial charge in [0.2, 0.25) is 0 Å². The summed E-state index contributed by atoms with van der Waals surface area (Å²) in [4.78, 5) is 47.9. The lowest BCUT2D eigenvalue weighted by atomic mass is 9.77. The molecule has 0 aromatic rings. The molecule has 1 aliphatic heterocycles. The lowest BCUT2D eigenvalue weighted by Gasteiger charge is -2.46. The average Bonchev–Trinajstić information content (AvgIpc) is 2.85. The molecule has 37 heavy (non-hydrogen) atoms. The van der Waals surface area contributed by atoms with Crippen LogP contribution in [0.1, 0.15) is 91.9 Å². The van der Waals surface area contributed by atoms with Crippen LogP contribution in [0.3, 0.4) is 0 Å². The summed E-state index contributed by atoms with van der Waals surface area (Å²) < 4.78 is 28.5. The summed E-state index contributed by atoms with van der Waals surface area (Å²) in [5.41, 5.74) is -0.686. The fourth-order valence-corrected chi connectivity index (χ4v) is 7.86. The predicted octanol–water partition coefficient (Wildman–Crippen LogP) is 4.33. The number of ether oxygens (including phenoxy) is 5. The molecule has 3 rings (SSSR count). The van der Waals surface area contributed by atoms with Crippen molar-refractivity contribution in [3.63, 3.8) is 0 Å². The molecule has 5 atom stereocenters. The summed E-state index contributed by atoms with van der Waals surface area (Å²) >= 11 is 1.65. The molecular weight excluding hydrogens is 500 g/mol. The minimum Gasteiger partial charge on any atom is -0.463 e. The monoisotopic (exact) mass is 542 g/mol.